The molecule has 11 aromatic rings. The maximum Gasteiger partial charge on any atom is 0.150 e. The average molecular weight is 688 g/mol. The van der Waals surface area contributed by atoms with Crippen molar-refractivity contribution in [1.29, 1.82) is 0 Å². The molecule has 0 radical (unpaired) electrons. The van der Waals surface area contributed by atoms with E-state index in [0.717, 1.165) is 54.6 Å². The van der Waals surface area contributed by atoms with Crippen LogP contribution in [0.5, 0.6) is 0 Å². The first-order valence-electron chi connectivity index (χ1n) is 17.5. The van der Waals surface area contributed by atoms with Crippen LogP contribution in [-0.4, -0.2) is 14.1 Å². The molecule has 0 aliphatic heterocycles. The number of halogens is 2. The molecule has 0 bridgehead atoms. The van der Waals surface area contributed by atoms with Gasteiger partial charge in [-0.2, -0.15) is 0 Å². The lowest BCUT2D eigenvalue weighted by Crippen LogP contribution is -2.05. The van der Waals surface area contributed by atoms with Crippen molar-refractivity contribution in [2.75, 3.05) is 0 Å². The van der Waals surface area contributed by atoms with Crippen molar-refractivity contribution in [3.8, 4) is 33.9 Å². The highest BCUT2D eigenvalue weighted by Crippen LogP contribution is 2.44. The largest absolute Gasteiger partial charge is 0.455 e. The van der Waals surface area contributed by atoms with Crippen molar-refractivity contribution in [3.63, 3.8) is 0 Å². The van der Waals surface area contributed by atoms with E-state index >= 15 is 8.78 Å². The van der Waals surface area contributed by atoms with Crippen LogP contribution in [0.3, 0.4) is 0 Å². The molecule has 0 aliphatic carbocycles. The summed E-state index contributed by atoms with van der Waals surface area (Å²) < 4.78 is 44.1. The summed E-state index contributed by atoms with van der Waals surface area (Å²) in [7, 11) is 0. The van der Waals surface area contributed by atoms with Crippen molar-refractivity contribution in [3.05, 3.63) is 175 Å². The summed E-state index contributed by atoms with van der Waals surface area (Å²) in [5.41, 5.74) is 7.16. The van der Waals surface area contributed by atoms with Gasteiger partial charge in [-0.3, -0.25) is 4.57 Å². The van der Waals surface area contributed by atoms with Gasteiger partial charge in [0.25, 0.3) is 0 Å². The van der Waals surface area contributed by atoms with Crippen molar-refractivity contribution >= 4 is 65.6 Å². The van der Waals surface area contributed by atoms with Gasteiger partial charge in [-0.1, -0.05) is 115 Å². The van der Waals surface area contributed by atoms with Crippen molar-refractivity contribution in [2.24, 2.45) is 0 Å². The summed E-state index contributed by atoms with van der Waals surface area (Å²) in [4.78, 5) is 5.15. The van der Waals surface area contributed by atoms with Gasteiger partial charge < -0.3 is 8.98 Å². The third-order valence-corrected chi connectivity index (χ3v) is 10.5. The highest BCUT2D eigenvalue weighted by Gasteiger charge is 2.27. The Morgan fingerprint density at radius 1 is 0.509 bits per heavy atom. The molecule has 0 amide bonds. The zero-order chi connectivity index (χ0) is 35.2. The summed E-state index contributed by atoms with van der Waals surface area (Å²) in [5.74, 6) is -1.01. The molecule has 0 spiro atoms. The predicted octanol–water partition coefficient (Wildman–Crippen LogP) is 12.8. The molecule has 6 heteroatoms. The smallest absolute Gasteiger partial charge is 0.150 e. The van der Waals surface area contributed by atoms with E-state index in [1.54, 1.807) is 4.57 Å². The first-order valence-corrected chi connectivity index (χ1v) is 17.5. The quantitative estimate of drug-likeness (QED) is 0.185. The van der Waals surface area contributed by atoms with Gasteiger partial charge >= 0.3 is 0 Å². The number of para-hydroxylation sites is 3. The summed E-state index contributed by atoms with van der Waals surface area (Å²) in [6, 6.07) is 52.6. The van der Waals surface area contributed by atoms with E-state index < -0.39 is 11.6 Å². The fourth-order valence-corrected chi connectivity index (χ4v) is 8.17. The van der Waals surface area contributed by atoms with Gasteiger partial charge in [0.1, 0.15) is 22.7 Å². The number of imidazole rings is 1. The normalized spacial score (nSPS) is 12.0. The standard InChI is InChI=1S/C47H27F2N3O/c48-36-26-30(28-12-2-1-3-13-28)27-37(49)45(36)52-44-31-15-5-4-14-29(31)22-24-38(44)50-47(52)35-23-25-41(43-34-18-8-11-21-42(34)53-46(35)43)51-39-19-9-6-16-32(39)33-17-7-10-20-40(33)51/h1-27H. The molecular formula is C47H27F2N3O. The van der Waals surface area contributed by atoms with Gasteiger partial charge in [-0.15, -0.1) is 0 Å². The van der Waals surface area contributed by atoms with Crippen LogP contribution in [0.25, 0.3) is 99.4 Å². The van der Waals surface area contributed by atoms with Gasteiger partial charge in [0.15, 0.2) is 11.6 Å². The van der Waals surface area contributed by atoms with Crippen LogP contribution in [0.2, 0.25) is 0 Å². The minimum absolute atomic E-state index is 0.200. The first-order chi connectivity index (χ1) is 26.1. The molecule has 0 unspecified atom stereocenters. The molecule has 0 saturated heterocycles. The molecule has 0 N–H and O–H groups in total. The Morgan fingerprint density at radius 2 is 1.13 bits per heavy atom. The third kappa shape index (κ3) is 4.29. The number of nitrogens with zero attached hydrogens (tertiary/aromatic N) is 3. The topological polar surface area (TPSA) is 35.9 Å². The predicted molar refractivity (Wildman–Crippen MR) is 211 cm³/mol. The monoisotopic (exact) mass is 687 g/mol. The molecular weight excluding hydrogens is 661 g/mol. The molecule has 4 nitrogen and oxygen atoms in total. The lowest BCUT2D eigenvalue weighted by Gasteiger charge is -2.16. The van der Waals surface area contributed by atoms with Crippen LogP contribution in [-0.2, 0) is 0 Å². The number of aromatic nitrogens is 3. The van der Waals surface area contributed by atoms with E-state index in [2.05, 4.69) is 65.2 Å². The molecule has 3 aromatic heterocycles. The molecule has 3 heterocycles. The van der Waals surface area contributed by atoms with E-state index in [-0.39, 0.29) is 5.69 Å². The Morgan fingerprint density at radius 3 is 1.87 bits per heavy atom. The highest BCUT2D eigenvalue weighted by atomic mass is 19.1. The van der Waals surface area contributed by atoms with Crippen molar-refractivity contribution in [2.45, 2.75) is 0 Å². The van der Waals surface area contributed by atoms with Crippen LogP contribution in [0, 0.1) is 11.6 Å². The Kier molecular flexibility index (Phi) is 6.28. The second-order valence-corrected chi connectivity index (χ2v) is 13.4. The van der Waals surface area contributed by atoms with Crippen LogP contribution < -0.4 is 0 Å². The number of hydrogen-bond acceptors (Lipinski definition) is 2. The molecule has 11 rings (SSSR count). The Bertz CT molecular complexity index is 3190. The van der Waals surface area contributed by atoms with Gasteiger partial charge in [0.05, 0.1) is 38.7 Å². The lowest BCUT2D eigenvalue weighted by molar-refractivity contribution is 0.572. The molecule has 250 valence electrons. The van der Waals surface area contributed by atoms with E-state index in [0.29, 0.717) is 39.2 Å². The van der Waals surface area contributed by atoms with Crippen LogP contribution in [0.15, 0.2) is 168 Å². The van der Waals surface area contributed by atoms with E-state index in [1.807, 2.05) is 91.0 Å². The fraction of sp³-hybridized carbons (Fsp3) is 0. The summed E-state index contributed by atoms with van der Waals surface area (Å²) in [5, 5.41) is 5.87. The maximum atomic E-state index is 16.7. The Balaban J connectivity index is 1.26. The zero-order valence-electron chi connectivity index (χ0n) is 28.1. The second-order valence-electron chi connectivity index (χ2n) is 13.4. The third-order valence-electron chi connectivity index (χ3n) is 10.5. The molecule has 0 fully saturated rings. The van der Waals surface area contributed by atoms with E-state index in [1.165, 1.54) is 12.1 Å². The minimum Gasteiger partial charge on any atom is -0.455 e. The number of benzene rings is 8. The molecule has 8 aromatic carbocycles. The number of rotatable bonds is 4. The Hall–Kier alpha value is -7.05. The summed E-state index contributed by atoms with van der Waals surface area (Å²) in [6.07, 6.45) is 0. The van der Waals surface area contributed by atoms with Crippen LogP contribution in [0.4, 0.5) is 8.78 Å². The van der Waals surface area contributed by atoms with Crippen molar-refractivity contribution < 1.29 is 13.2 Å². The Labute approximate surface area is 301 Å². The van der Waals surface area contributed by atoms with Gasteiger partial charge in [-0.05, 0) is 65.0 Å². The second kappa shape index (κ2) is 11.2. The lowest BCUT2D eigenvalue weighted by atomic mass is 10.0. The van der Waals surface area contributed by atoms with Gasteiger partial charge in [0, 0.05) is 21.5 Å². The molecule has 0 saturated carbocycles. The average Bonchev–Trinajstić information content (AvgIpc) is 3.88. The van der Waals surface area contributed by atoms with Gasteiger partial charge in [-0.25, -0.2) is 13.8 Å². The van der Waals surface area contributed by atoms with Crippen LogP contribution in [0.1, 0.15) is 0 Å². The van der Waals surface area contributed by atoms with Crippen molar-refractivity contribution in [1.82, 2.24) is 14.1 Å². The summed E-state index contributed by atoms with van der Waals surface area (Å²) in [6.45, 7) is 0. The molecule has 53 heavy (non-hydrogen) atoms. The molecule has 0 aliphatic rings. The maximum absolute atomic E-state index is 16.7. The minimum atomic E-state index is -0.694. The summed E-state index contributed by atoms with van der Waals surface area (Å²) >= 11 is 0. The first kappa shape index (κ1) is 29.7. The van der Waals surface area contributed by atoms with E-state index in [4.69, 9.17) is 9.40 Å². The highest BCUT2D eigenvalue weighted by molar-refractivity contribution is 6.17. The molecule has 0 atom stereocenters. The van der Waals surface area contributed by atoms with Crippen LogP contribution >= 0.6 is 0 Å². The number of fused-ring (bicyclic) bond motifs is 9. The van der Waals surface area contributed by atoms with E-state index in [9.17, 15) is 0 Å². The van der Waals surface area contributed by atoms with Gasteiger partial charge in [0.2, 0.25) is 0 Å². The number of furan rings is 1. The number of hydrogen-bond donors (Lipinski definition) is 0. The zero-order valence-corrected chi connectivity index (χ0v) is 28.1. The fourth-order valence-electron chi connectivity index (χ4n) is 8.17. The SMILES string of the molecule is Fc1cc(-c2ccccc2)cc(F)c1-n1c(-c2ccc(-n3c4ccccc4c4ccccc43)c3c2oc2ccccc23)nc2ccc3ccccc3c21.